The zero-order valence-corrected chi connectivity index (χ0v) is 12.9. The smallest absolute Gasteiger partial charge is 0.131 e. The van der Waals surface area contributed by atoms with Crippen LogP contribution in [-0.4, -0.2) is 9.97 Å². The van der Waals surface area contributed by atoms with Gasteiger partial charge < -0.3 is 10.3 Å². The average molecular weight is 328 g/mol. The van der Waals surface area contributed by atoms with Crippen molar-refractivity contribution in [2.45, 2.75) is 0 Å². The maximum atomic E-state index is 6.18. The Morgan fingerprint density at radius 3 is 2.77 bits per heavy atom. The van der Waals surface area contributed by atoms with Gasteiger partial charge in [-0.05, 0) is 47.9 Å². The molecule has 0 amide bonds. The fourth-order valence-electron chi connectivity index (χ4n) is 2.50. The molecule has 0 aliphatic carbocycles. The maximum absolute atomic E-state index is 6.18. The van der Waals surface area contributed by atoms with Crippen LogP contribution in [0.2, 0.25) is 10.0 Å². The second-order valence-electron chi connectivity index (χ2n) is 5.06. The van der Waals surface area contributed by atoms with Crippen molar-refractivity contribution in [2.24, 2.45) is 0 Å². The van der Waals surface area contributed by atoms with Crippen LogP contribution in [0.4, 0.5) is 11.5 Å². The Balaban J connectivity index is 1.74. The number of halogens is 2. The molecule has 0 atom stereocenters. The number of hydrogen-bond donors (Lipinski definition) is 2. The molecule has 0 bridgehead atoms. The van der Waals surface area contributed by atoms with Crippen molar-refractivity contribution in [3.05, 3.63) is 64.8 Å². The molecule has 0 radical (unpaired) electrons. The Kier molecular flexibility index (Phi) is 3.17. The van der Waals surface area contributed by atoms with Crippen molar-refractivity contribution in [2.75, 3.05) is 5.32 Å². The van der Waals surface area contributed by atoms with Crippen LogP contribution in [0.15, 0.2) is 54.7 Å². The van der Waals surface area contributed by atoms with E-state index in [1.165, 1.54) is 5.39 Å². The van der Waals surface area contributed by atoms with E-state index >= 15 is 0 Å². The van der Waals surface area contributed by atoms with Gasteiger partial charge in [-0.3, -0.25) is 0 Å². The number of H-pyrrole nitrogens is 1. The van der Waals surface area contributed by atoms with Crippen LogP contribution in [0, 0.1) is 0 Å². The van der Waals surface area contributed by atoms with E-state index in [4.69, 9.17) is 23.2 Å². The summed E-state index contributed by atoms with van der Waals surface area (Å²) in [6.45, 7) is 0. The van der Waals surface area contributed by atoms with E-state index in [9.17, 15) is 0 Å². The molecule has 2 heterocycles. The molecule has 0 saturated carbocycles. The van der Waals surface area contributed by atoms with Crippen molar-refractivity contribution in [3.8, 4) is 0 Å². The first-order valence-corrected chi connectivity index (χ1v) is 7.55. The molecule has 0 aliphatic rings. The Morgan fingerprint density at radius 1 is 0.955 bits per heavy atom. The first-order chi connectivity index (χ1) is 10.7. The fraction of sp³-hybridized carbons (Fsp3) is 0. The topological polar surface area (TPSA) is 40.7 Å². The van der Waals surface area contributed by atoms with Crippen molar-refractivity contribution in [1.82, 2.24) is 9.97 Å². The van der Waals surface area contributed by atoms with Gasteiger partial charge in [-0.2, -0.15) is 0 Å². The van der Waals surface area contributed by atoms with Crippen LogP contribution in [0.25, 0.3) is 21.8 Å². The molecule has 108 valence electrons. The third-order valence-electron chi connectivity index (χ3n) is 3.55. The zero-order chi connectivity index (χ0) is 15.1. The predicted octanol–water partition coefficient (Wildman–Crippen LogP) is 5.77. The summed E-state index contributed by atoms with van der Waals surface area (Å²) in [6, 6.07) is 15.5. The third kappa shape index (κ3) is 2.39. The average Bonchev–Trinajstić information content (AvgIpc) is 2.94. The van der Waals surface area contributed by atoms with Crippen LogP contribution in [0.3, 0.4) is 0 Å². The molecule has 0 aliphatic heterocycles. The Morgan fingerprint density at radius 2 is 1.86 bits per heavy atom. The molecule has 2 N–H and O–H groups in total. The van der Waals surface area contributed by atoms with Crippen molar-refractivity contribution >= 4 is 56.5 Å². The third-order valence-corrected chi connectivity index (χ3v) is 4.08. The van der Waals surface area contributed by atoms with E-state index in [0.717, 1.165) is 27.9 Å². The lowest BCUT2D eigenvalue weighted by molar-refractivity contribution is 1.37. The number of aromatic nitrogens is 2. The summed E-state index contributed by atoms with van der Waals surface area (Å²) in [5.74, 6) is 0.747. The Labute approximate surface area is 136 Å². The van der Waals surface area contributed by atoms with Crippen molar-refractivity contribution in [3.63, 3.8) is 0 Å². The highest BCUT2D eigenvalue weighted by Gasteiger charge is 2.05. The summed E-state index contributed by atoms with van der Waals surface area (Å²) in [5.41, 5.74) is 2.82. The number of nitrogens with one attached hydrogen (secondary N) is 2. The van der Waals surface area contributed by atoms with Crippen LogP contribution in [0.1, 0.15) is 0 Å². The Hall–Kier alpha value is -2.23. The summed E-state index contributed by atoms with van der Waals surface area (Å²) in [5, 5.41) is 6.55. The lowest BCUT2D eigenvalue weighted by Crippen LogP contribution is -1.94. The molecule has 0 fully saturated rings. The van der Waals surface area contributed by atoms with Gasteiger partial charge in [0.05, 0.1) is 10.5 Å². The molecule has 2 aromatic heterocycles. The molecular weight excluding hydrogens is 317 g/mol. The molecule has 0 unspecified atom stereocenters. The first kappa shape index (κ1) is 13.4. The number of anilines is 2. The highest BCUT2D eigenvalue weighted by molar-refractivity contribution is 6.38. The first-order valence-electron chi connectivity index (χ1n) is 6.79. The normalized spacial score (nSPS) is 11.2. The number of fused-ring (bicyclic) bond motifs is 2. The van der Waals surface area contributed by atoms with E-state index in [2.05, 4.69) is 21.4 Å². The molecule has 0 saturated heterocycles. The quantitative estimate of drug-likeness (QED) is 0.491. The van der Waals surface area contributed by atoms with Gasteiger partial charge in [-0.25, -0.2) is 4.98 Å². The zero-order valence-electron chi connectivity index (χ0n) is 11.4. The van der Waals surface area contributed by atoms with Gasteiger partial charge in [0.2, 0.25) is 0 Å². The second kappa shape index (κ2) is 5.20. The molecular formula is C17H11Cl2N3. The van der Waals surface area contributed by atoms with Gasteiger partial charge >= 0.3 is 0 Å². The number of rotatable bonds is 2. The van der Waals surface area contributed by atoms with Crippen molar-refractivity contribution < 1.29 is 0 Å². The minimum absolute atomic E-state index is 0.579. The van der Waals surface area contributed by atoms with Crippen LogP contribution in [-0.2, 0) is 0 Å². The van der Waals surface area contributed by atoms with Crippen molar-refractivity contribution in [1.29, 1.82) is 0 Å². The molecule has 0 spiro atoms. The number of nitrogens with zero attached hydrogens (tertiary/aromatic N) is 1. The molecule has 22 heavy (non-hydrogen) atoms. The second-order valence-corrected chi connectivity index (χ2v) is 5.90. The fourth-order valence-corrected chi connectivity index (χ4v) is 3.05. The predicted molar refractivity (Wildman–Crippen MR) is 93.3 cm³/mol. The molecule has 4 aromatic rings. The lowest BCUT2D eigenvalue weighted by atomic mass is 10.2. The van der Waals surface area contributed by atoms with Gasteiger partial charge in [0, 0.05) is 27.8 Å². The highest BCUT2D eigenvalue weighted by Crippen LogP contribution is 2.28. The minimum Gasteiger partial charge on any atom is -0.361 e. The molecule has 2 aromatic carbocycles. The van der Waals surface area contributed by atoms with Crippen LogP contribution >= 0.6 is 23.2 Å². The standard InChI is InChI=1S/C17H11Cl2N3/c18-11-7-14(19)13-3-4-17(22-16(13)8-11)21-12-2-1-10-5-6-20-15(10)9-12/h1-9,20H,(H,21,22). The van der Waals surface area contributed by atoms with E-state index < -0.39 is 0 Å². The molecule has 4 rings (SSSR count). The van der Waals surface area contributed by atoms with E-state index in [1.807, 2.05) is 42.6 Å². The van der Waals surface area contributed by atoms with Gasteiger partial charge in [-0.15, -0.1) is 0 Å². The SMILES string of the molecule is Clc1cc(Cl)c2ccc(Nc3ccc4cc[nH]c4c3)nc2c1. The number of pyridine rings is 1. The van der Waals surface area contributed by atoms with Gasteiger partial charge in [0.15, 0.2) is 0 Å². The van der Waals surface area contributed by atoms with E-state index in [-0.39, 0.29) is 0 Å². The lowest BCUT2D eigenvalue weighted by Gasteiger charge is -2.08. The minimum atomic E-state index is 0.579. The summed E-state index contributed by atoms with van der Waals surface area (Å²) < 4.78 is 0. The van der Waals surface area contributed by atoms with Gasteiger partial charge in [0.25, 0.3) is 0 Å². The molecule has 5 heteroatoms. The summed E-state index contributed by atoms with van der Waals surface area (Å²) in [6.07, 6.45) is 1.92. The summed E-state index contributed by atoms with van der Waals surface area (Å²) in [4.78, 5) is 7.76. The highest BCUT2D eigenvalue weighted by atomic mass is 35.5. The van der Waals surface area contributed by atoms with Crippen LogP contribution < -0.4 is 5.32 Å². The van der Waals surface area contributed by atoms with E-state index in [0.29, 0.717) is 10.0 Å². The van der Waals surface area contributed by atoms with Crippen LogP contribution in [0.5, 0.6) is 0 Å². The van der Waals surface area contributed by atoms with Gasteiger partial charge in [0.1, 0.15) is 5.82 Å². The number of hydrogen-bond acceptors (Lipinski definition) is 2. The molecule has 3 nitrogen and oxygen atoms in total. The maximum Gasteiger partial charge on any atom is 0.131 e. The van der Waals surface area contributed by atoms with Gasteiger partial charge in [-0.1, -0.05) is 29.3 Å². The summed E-state index contributed by atoms with van der Waals surface area (Å²) >= 11 is 12.2. The van der Waals surface area contributed by atoms with E-state index in [1.54, 1.807) is 6.07 Å². The number of benzene rings is 2. The largest absolute Gasteiger partial charge is 0.361 e. The Bertz CT molecular complexity index is 992. The monoisotopic (exact) mass is 327 g/mol. The summed E-state index contributed by atoms with van der Waals surface area (Å²) in [7, 11) is 0. The number of aromatic amines is 1.